The number of hydrogen-bond acceptors (Lipinski definition) is 5. The molecule has 1 aromatic heterocycles. The van der Waals surface area contributed by atoms with Crippen LogP contribution in [0.2, 0.25) is 0 Å². The summed E-state index contributed by atoms with van der Waals surface area (Å²) in [6, 6.07) is 0.599. The molecule has 1 amide bonds. The lowest BCUT2D eigenvalue weighted by Gasteiger charge is -2.42. The van der Waals surface area contributed by atoms with E-state index in [9.17, 15) is 4.79 Å². The van der Waals surface area contributed by atoms with Crippen molar-refractivity contribution in [2.24, 2.45) is 5.92 Å². The number of carbonyl (C=O) groups is 1. The number of halogens is 1. The second-order valence-corrected chi connectivity index (χ2v) is 10.2. The number of likely N-dealkylation sites (tertiary alicyclic amines) is 2. The highest BCUT2D eigenvalue weighted by molar-refractivity contribution is 9.11. The lowest BCUT2D eigenvalue weighted by molar-refractivity contribution is -0.0416. The van der Waals surface area contributed by atoms with Crippen LogP contribution >= 0.6 is 27.3 Å². The van der Waals surface area contributed by atoms with Crippen LogP contribution in [0.4, 0.5) is 0 Å². The second kappa shape index (κ2) is 8.67. The Hall–Kier alpha value is -0.500. The summed E-state index contributed by atoms with van der Waals surface area (Å²) in [7, 11) is 0. The van der Waals surface area contributed by atoms with Gasteiger partial charge in [-0.25, -0.2) is 4.98 Å². The zero-order valence-electron chi connectivity index (χ0n) is 15.2. The predicted octanol–water partition coefficient (Wildman–Crippen LogP) is 3.79. The van der Waals surface area contributed by atoms with Gasteiger partial charge < -0.3 is 9.64 Å². The maximum Gasteiger partial charge on any atom is 0.265 e. The molecule has 1 saturated carbocycles. The van der Waals surface area contributed by atoms with Gasteiger partial charge in [0.05, 0.1) is 12.3 Å². The van der Waals surface area contributed by atoms with Crippen LogP contribution < -0.4 is 0 Å². The highest BCUT2D eigenvalue weighted by Gasteiger charge is 2.31. The molecule has 2 saturated heterocycles. The van der Waals surface area contributed by atoms with Gasteiger partial charge in [0.1, 0.15) is 4.88 Å². The maximum absolute atomic E-state index is 12.6. The second-order valence-electron chi connectivity index (χ2n) is 7.89. The largest absolute Gasteiger partial charge is 0.377 e. The molecule has 0 radical (unpaired) electrons. The van der Waals surface area contributed by atoms with Crippen molar-refractivity contribution in [3.05, 3.63) is 15.0 Å². The van der Waals surface area contributed by atoms with Crippen molar-refractivity contribution in [3.8, 4) is 0 Å². The maximum atomic E-state index is 12.6. The molecule has 5 nitrogen and oxygen atoms in total. The van der Waals surface area contributed by atoms with Crippen LogP contribution in [0.5, 0.6) is 0 Å². The average molecular weight is 442 g/mol. The molecule has 0 spiro atoms. The van der Waals surface area contributed by atoms with Gasteiger partial charge in [-0.1, -0.05) is 6.42 Å². The van der Waals surface area contributed by atoms with E-state index in [1.54, 1.807) is 6.20 Å². The number of nitrogens with zero attached hydrogens (tertiary/aromatic N) is 3. The number of thiazole rings is 1. The molecule has 1 atom stereocenters. The standard InChI is InChI=1S/C19H28BrN3O2S/c20-19-21-11-17(26-19)18(24)22-9-6-15(7-10-22)23-8-2-5-16(12-23)25-13-14-3-1-4-14/h11,14-16H,1-10,12-13H2. The van der Waals surface area contributed by atoms with Crippen LogP contribution in [-0.4, -0.2) is 65.6 Å². The molecule has 4 rings (SSSR count). The molecular formula is C19H28BrN3O2S. The smallest absolute Gasteiger partial charge is 0.265 e. The summed E-state index contributed by atoms with van der Waals surface area (Å²) < 4.78 is 6.99. The summed E-state index contributed by atoms with van der Waals surface area (Å²) >= 11 is 4.76. The molecule has 26 heavy (non-hydrogen) atoms. The van der Waals surface area contributed by atoms with Gasteiger partial charge in [-0.2, -0.15) is 0 Å². The first-order valence-electron chi connectivity index (χ1n) is 9.95. The molecule has 144 valence electrons. The Morgan fingerprint density at radius 3 is 2.65 bits per heavy atom. The molecule has 0 N–H and O–H groups in total. The first kappa shape index (κ1) is 18.8. The van der Waals surface area contributed by atoms with Gasteiger partial charge in [0.2, 0.25) is 0 Å². The van der Waals surface area contributed by atoms with Gasteiger partial charge in [0.15, 0.2) is 3.92 Å². The minimum Gasteiger partial charge on any atom is -0.377 e. The van der Waals surface area contributed by atoms with E-state index in [0.717, 1.165) is 53.8 Å². The first-order chi connectivity index (χ1) is 12.7. The average Bonchev–Trinajstić information content (AvgIpc) is 3.07. The molecule has 1 aromatic rings. The summed E-state index contributed by atoms with van der Waals surface area (Å²) in [4.78, 5) is 22.1. The monoisotopic (exact) mass is 441 g/mol. The number of rotatable bonds is 5. The van der Waals surface area contributed by atoms with Crippen molar-refractivity contribution < 1.29 is 9.53 Å². The fourth-order valence-electron chi connectivity index (χ4n) is 4.31. The van der Waals surface area contributed by atoms with Gasteiger partial charge in [-0.3, -0.25) is 9.69 Å². The lowest BCUT2D eigenvalue weighted by atomic mass is 9.86. The van der Waals surface area contributed by atoms with Crippen LogP contribution in [0, 0.1) is 5.92 Å². The van der Waals surface area contributed by atoms with E-state index in [1.807, 2.05) is 4.90 Å². The molecule has 3 heterocycles. The SMILES string of the molecule is O=C(c1cnc(Br)s1)N1CCC(N2CCCC(OCC3CCC3)C2)CC1. The summed E-state index contributed by atoms with van der Waals surface area (Å²) in [5.41, 5.74) is 0. The zero-order chi connectivity index (χ0) is 17.9. The minimum absolute atomic E-state index is 0.131. The van der Waals surface area contributed by atoms with Crippen molar-refractivity contribution in [2.45, 2.75) is 57.1 Å². The Labute approximate surface area is 168 Å². The highest BCUT2D eigenvalue weighted by Crippen LogP contribution is 2.29. The normalized spacial score (nSPS) is 26.0. The summed E-state index contributed by atoms with van der Waals surface area (Å²) in [5.74, 6) is 0.957. The molecule has 1 unspecified atom stereocenters. The number of amides is 1. The summed E-state index contributed by atoms with van der Waals surface area (Å²) in [6.45, 7) is 4.93. The van der Waals surface area contributed by atoms with E-state index < -0.39 is 0 Å². The Balaban J connectivity index is 1.24. The molecule has 3 fully saturated rings. The minimum atomic E-state index is 0.131. The van der Waals surface area contributed by atoms with E-state index >= 15 is 0 Å². The zero-order valence-corrected chi connectivity index (χ0v) is 17.6. The van der Waals surface area contributed by atoms with Gasteiger partial charge >= 0.3 is 0 Å². The number of aromatic nitrogens is 1. The van der Waals surface area contributed by atoms with E-state index in [0.29, 0.717) is 12.1 Å². The Kier molecular flexibility index (Phi) is 6.29. The van der Waals surface area contributed by atoms with Crippen LogP contribution in [-0.2, 0) is 4.74 Å². The van der Waals surface area contributed by atoms with E-state index in [4.69, 9.17) is 4.74 Å². The Bertz CT molecular complexity index is 614. The fraction of sp³-hybridized carbons (Fsp3) is 0.789. The van der Waals surface area contributed by atoms with Crippen molar-refractivity contribution in [2.75, 3.05) is 32.8 Å². The van der Waals surface area contributed by atoms with Gasteiger partial charge in [-0.15, -0.1) is 11.3 Å². The first-order valence-corrected chi connectivity index (χ1v) is 11.6. The number of carbonyl (C=O) groups excluding carboxylic acids is 1. The van der Waals surface area contributed by atoms with Crippen LogP contribution in [0.1, 0.15) is 54.6 Å². The molecule has 0 bridgehead atoms. The molecule has 0 aromatic carbocycles. The third kappa shape index (κ3) is 4.49. The van der Waals surface area contributed by atoms with Crippen LogP contribution in [0.15, 0.2) is 10.1 Å². The van der Waals surface area contributed by atoms with Crippen LogP contribution in [0.3, 0.4) is 0 Å². The van der Waals surface area contributed by atoms with Gasteiger partial charge in [0.25, 0.3) is 5.91 Å². The predicted molar refractivity (Wildman–Crippen MR) is 107 cm³/mol. The number of piperidine rings is 2. The van der Waals surface area contributed by atoms with Crippen molar-refractivity contribution in [3.63, 3.8) is 0 Å². The Morgan fingerprint density at radius 2 is 2.00 bits per heavy atom. The number of hydrogen-bond donors (Lipinski definition) is 0. The highest BCUT2D eigenvalue weighted by atomic mass is 79.9. The fourth-order valence-corrected chi connectivity index (χ4v) is 5.54. The molecular weight excluding hydrogens is 414 g/mol. The van der Waals surface area contributed by atoms with Gasteiger partial charge in [0, 0.05) is 32.3 Å². The quantitative estimate of drug-likeness (QED) is 0.696. The molecule has 2 aliphatic heterocycles. The summed E-state index contributed by atoms with van der Waals surface area (Å²) in [5, 5.41) is 0. The van der Waals surface area contributed by atoms with Gasteiger partial charge in [-0.05, 0) is 66.9 Å². The molecule has 3 aliphatic rings. The van der Waals surface area contributed by atoms with E-state index in [-0.39, 0.29) is 5.91 Å². The Morgan fingerprint density at radius 1 is 1.19 bits per heavy atom. The summed E-state index contributed by atoms with van der Waals surface area (Å²) in [6.07, 6.45) is 10.8. The molecule has 1 aliphatic carbocycles. The molecule has 7 heteroatoms. The third-order valence-electron chi connectivity index (χ3n) is 6.16. The van der Waals surface area contributed by atoms with Crippen molar-refractivity contribution >= 4 is 33.2 Å². The van der Waals surface area contributed by atoms with E-state index in [2.05, 4.69) is 25.8 Å². The topological polar surface area (TPSA) is 45.7 Å². The van der Waals surface area contributed by atoms with E-state index in [1.165, 1.54) is 50.0 Å². The van der Waals surface area contributed by atoms with Crippen molar-refractivity contribution in [1.29, 1.82) is 0 Å². The van der Waals surface area contributed by atoms with Crippen LogP contribution in [0.25, 0.3) is 0 Å². The number of ether oxygens (including phenoxy) is 1. The third-order valence-corrected chi connectivity index (χ3v) is 7.62. The van der Waals surface area contributed by atoms with Crippen molar-refractivity contribution in [1.82, 2.24) is 14.8 Å². The lowest BCUT2D eigenvalue weighted by Crippen LogP contribution is -2.51.